The zero-order valence-electron chi connectivity index (χ0n) is 12.2. The Morgan fingerprint density at radius 2 is 2.20 bits per heavy atom. The molecular formula is C15H21N3O2. The van der Waals surface area contributed by atoms with Crippen molar-refractivity contribution in [2.24, 2.45) is 5.92 Å². The third-order valence-electron chi connectivity index (χ3n) is 3.66. The standard InChI is InChI=1S/C15H21N3O2/c1-11(2)18(14-5-4-7-16-9-14)15(20)13-6-8-17(10-13)12(3)19/h4-5,7,9,11,13H,6,8,10H2,1-3H3. The molecular weight excluding hydrogens is 254 g/mol. The smallest absolute Gasteiger partial charge is 0.232 e. The van der Waals surface area contributed by atoms with Gasteiger partial charge in [-0.2, -0.15) is 0 Å². The molecule has 20 heavy (non-hydrogen) atoms. The number of hydrogen-bond donors (Lipinski definition) is 0. The molecule has 0 aromatic carbocycles. The van der Waals surface area contributed by atoms with Gasteiger partial charge in [0, 0.05) is 32.3 Å². The number of carbonyl (C=O) groups excluding carboxylic acids is 2. The van der Waals surface area contributed by atoms with Crippen molar-refractivity contribution in [1.82, 2.24) is 9.88 Å². The molecule has 1 aliphatic heterocycles. The van der Waals surface area contributed by atoms with Crippen LogP contribution in [0.5, 0.6) is 0 Å². The van der Waals surface area contributed by atoms with Crippen LogP contribution in [0.15, 0.2) is 24.5 Å². The van der Waals surface area contributed by atoms with E-state index in [4.69, 9.17) is 0 Å². The highest BCUT2D eigenvalue weighted by molar-refractivity contribution is 5.96. The number of pyridine rings is 1. The second-order valence-electron chi connectivity index (χ2n) is 5.46. The van der Waals surface area contributed by atoms with Gasteiger partial charge in [-0.3, -0.25) is 14.6 Å². The fourth-order valence-electron chi connectivity index (χ4n) is 2.62. The molecule has 1 fully saturated rings. The maximum atomic E-state index is 12.7. The number of aromatic nitrogens is 1. The van der Waals surface area contributed by atoms with E-state index in [2.05, 4.69) is 4.98 Å². The number of carbonyl (C=O) groups is 2. The quantitative estimate of drug-likeness (QED) is 0.843. The van der Waals surface area contributed by atoms with Gasteiger partial charge < -0.3 is 9.80 Å². The molecule has 1 aromatic rings. The maximum absolute atomic E-state index is 12.7. The van der Waals surface area contributed by atoms with Crippen molar-refractivity contribution in [1.29, 1.82) is 0 Å². The normalized spacial score (nSPS) is 18.4. The van der Waals surface area contributed by atoms with Gasteiger partial charge in [0.1, 0.15) is 0 Å². The lowest BCUT2D eigenvalue weighted by atomic mass is 10.1. The van der Waals surface area contributed by atoms with Crippen molar-refractivity contribution >= 4 is 17.5 Å². The largest absolute Gasteiger partial charge is 0.342 e. The first-order valence-electron chi connectivity index (χ1n) is 6.99. The number of anilines is 1. The Balaban J connectivity index is 2.15. The zero-order chi connectivity index (χ0) is 14.7. The van der Waals surface area contributed by atoms with Crippen molar-refractivity contribution in [2.45, 2.75) is 33.2 Å². The molecule has 1 atom stereocenters. The van der Waals surface area contributed by atoms with Gasteiger partial charge in [-0.15, -0.1) is 0 Å². The van der Waals surface area contributed by atoms with Gasteiger partial charge in [0.05, 0.1) is 17.8 Å². The lowest BCUT2D eigenvalue weighted by molar-refractivity contribution is -0.128. The molecule has 108 valence electrons. The van der Waals surface area contributed by atoms with Gasteiger partial charge >= 0.3 is 0 Å². The van der Waals surface area contributed by atoms with E-state index < -0.39 is 0 Å². The van der Waals surface area contributed by atoms with Crippen molar-refractivity contribution in [3.05, 3.63) is 24.5 Å². The minimum Gasteiger partial charge on any atom is -0.342 e. The zero-order valence-corrected chi connectivity index (χ0v) is 12.2. The summed E-state index contributed by atoms with van der Waals surface area (Å²) in [5.74, 6) is 0.0102. The van der Waals surface area contributed by atoms with Gasteiger partial charge in [-0.1, -0.05) is 0 Å². The Kier molecular flexibility index (Phi) is 4.37. The van der Waals surface area contributed by atoms with Crippen LogP contribution in [0.2, 0.25) is 0 Å². The minimum atomic E-state index is -0.110. The summed E-state index contributed by atoms with van der Waals surface area (Å²) < 4.78 is 0. The maximum Gasteiger partial charge on any atom is 0.232 e. The summed E-state index contributed by atoms with van der Waals surface area (Å²) in [5.41, 5.74) is 0.814. The van der Waals surface area contributed by atoms with Gasteiger partial charge in [-0.25, -0.2) is 0 Å². The van der Waals surface area contributed by atoms with Crippen LogP contribution in [0.4, 0.5) is 5.69 Å². The van der Waals surface area contributed by atoms with Crippen LogP contribution < -0.4 is 4.90 Å². The first-order chi connectivity index (χ1) is 9.50. The average molecular weight is 275 g/mol. The Hall–Kier alpha value is -1.91. The highest BCUT2D eigenvalue weighted by atomic mass is 16.2. The molecule has 0 aliphatic carbocycles. The molecule has 0 saturated carbocycles. The molecule has 5 nitrogen and oxygen atoms in total. The van der Waals surface area contributed by atoms with Crippen LogP contribution in [0.3, 0.4) is 0 Å². The Labute approximate surface area is 119 Å². The summed E-state index contributed by atoms with van der Waals surface area (Å²) in [6.45, 7) is 6.72. The molecule has 0 spiro atoms. The number of amides is 2. The summed E-state index contributed by atoms with van der Waals surface area (Å²) >= 11 is 0. The van der Waals surface area contributed by atoms with E-state index in [9.17, 15) is 9.59 Å². The Bertz CT molecular complexity index is 487. The molecule has 0 bridgehead atoms. The third kappa shape index (κ3) is 2.98. The van der Waals surface area contributed by atoms with E-state index >= 15 is 0 Å². The van der Waals surface area contributed by atoms with Crippen LogP contribution in [0, 0.1) is 5.92 Å². The van der Waals surface area contributed by atoms with E-state index in [1.807, 2.05) is 26.0 Å². The fourth-order valence-corrected chi connectivity index (χ4v) is 2.62. The Morgan fingerprint density at radius 1 is 1.45 bits per heavy atom. The van der Waals surface area contributed by atoms with E-state index in [1.54, 1.807) is 29.1 Å². The first kappa shape index (κ1) is 14.5. The molecule has 1 unspecified atom stereocenters. The number of likely N-dealkylation sites (tertiary alicyclic amines) is 1. The molecule has 0 N–H and O–H groups in total. The lowest BCUT2D eigenvalue weighted by Crippen LogP contribution is -2.42. The fraction of sp³-hybridized carbons (Fsp3) is 0.533. The number of hydrogen-bond acceptors (Lipinski definition) is 3. The first-order valence-corrected chi connectivity index (χ1v) is 6.99. The molecule has 1 aliphatic rings. The van der Waals surface area contributed by atoms with E-state index in [1.165, 1.54) is 0 Å². The minimum absolute atomic E-state index is 0.0396. The summed E-state index contributed by atoms with van der Waals surface area (Å²) in [6.07, 6.45) is 4.14. The molecule has 1 aromatic heterocycles. The van der Waals surface area contributed by atoms with E-state index in [-0.39, 0.29) is 23.8 Å². The van der Waals surface area contributed by atoms with Crippen molar-refractivity contribution in [3.8, 4) is 0 Å². The highest BCUT2D eigenvalue weighted by Gasteiger charge is 2.33. The van der Waals surface area contributed by atoms with E-state index in [0.717, 1.165) is 12.1 Å². The van der Waals surface area contributed by atoms with Crippen molar-refractivity contribution in [2.75, 3.05) is 18.0 Å². The van der Waals surface area contributed by atoms with Crippen LogP contribution in [-0.2, 0) is 9.59 Å². The molecule has 1 saturated heterocycles. The van der Waals surface area contributed by atoms with Crippen molar-refractivity contribution < 1.29 is 9.59 Å². The van der Waals surface area contributed by atoms with Crippen LogP contribution in [0.1, 0.15) is 27.2 Å². The molecule has 2 amide bonds. The van der Waals surface area contributed by atoms with Gasteiger partial charge in [0.25, 0.3) is 0 Å². The van der Waals surface area contributed by atoms with Crippen molar-refractivity contribution in [3.63, 3.8) is 0 Å². The average Bonchev–Trinajstić information content (AvgIpc) is 2.89. The summed E-state index contributed by atoms with van der Waals surface area (Å²) in [6, 6.07) is 3.79. The van der Waals surface area contributed by atoms with Crippen LogP contribution >= 0.6 is 0 Å². The summed E-state index contributed by atoms with van der Waals surface area (Å²) in [4.78, 5) is 31.7. The second kappa shape index (κ2) is 6.03. The van der Waals surface area contributed by atoms with Crippen LogP contribution in [0.25, 0.3) is 0 Å². The topological polar surface area (TPSA) is 53.5 Å². The monoisotopic (exact) mass is 275 g/mol. The van der Waals surface area contributed by atoms with E-state index in [0.29, 0.717) is 13.1 Å². The predicted octanol–water partition coefficient (Wildman–Crippen LogP) is 1.69. The van der Waals surface area contributed by atoms with Crippen LogP contribution in [-0.4, -0.2) is 40.8 Å². The molecule has 5 heteroatoms. The SMILES string of the molecule is CC(=O)N1CCC(C(=O)N(c2cccnc2)C(C)C)C1. The lowest BCUT2D eigenvalue weighted by Gasteiger charge is -2.29. The summed E-state index contributed by atoms with van der Waals surface area (Å²) in [5, 5.41) is 0. The van der Waals surface area contributed by atoms with Gasteiger partial charge in [0.15, 0.2) is 0 Å². The summed E-state index contributed by atoms with van der Waals surface area (Å²) in [7, 11) is 0. The number of nitrogens with zero attached hydrogens (tertiary/aromatic N) is 3. The predicted molar refractivity (Wildman–Crippen MR) is 77.2 cm³/mol. The highest BCUT2D eigenvalue weighted by Crippen LogP contribution is 2.24. The molecule has 2 rings (SSSR count). The Morgan fingerprint density at radius 3 is 2.70 bits per heavy atom. The van der Waals surface area contributed by atoms with Gasteiger partial charge in [-0.05, 0) is 32.4 Å². The van der Waals surface area contributed by atoms with Gasteiger partial charge in [0.2, 0.25) is 11.8 Å². The second-order valence-corrected chi connectivity index (χ2v) is 5.46. The molecule has 2 heterocycles. The third-order valence-corrected chi connectivity index (χ3v) is 3.66. The number of rotatable bonds is 3. The molecule has 0 radical (unpaired) electrons.